The Labute approximate surface area is 71.7 Å². The number of aryl methyl sites for hydroxylation is 1. The molecule has 12 heavy (non-hydrogen) atoms. The Morgan fingerprint density at radius 1 is 1.50 bits per heavy atom. The van der Waals surface area contributed by atoms with Gasteiger partial charge in [0.15, 0.2) is 0 Å². The second-order valence-electron chi connectivity index (χ2n) is 2.63. The summed E-state index contributed by atoms with van der Waals surface area (Å²) >= 11 is 1.03. The van der Waals surface area contributed by atoms with E-state index in [-0.39, 0.29) is 10.7 Å². The Morgan fingerprint density at radius 3 is 3.00 bits per heavy atom. The Kier molecular flexibility index (Phi) is 1.51. The van der Waals surface area contributed by atoms with Crippen molar-refractivity contribution < 1.29 is 4.39 Å². The predicted molar refractivity (Wildman–Crippen MR) is 47.1 cm³/mol. The van der Waals surface area contributed by atoms with Crippen molar-refractivity contribution in [3.05, 3.63) is 33.2 Å². The van der Waals surface area contributed by atoms with E-state index in [0.717, 1.165) is 16.9 Å². The number of hydrogen-bond donors (Lipinski definition) is 1. The zero-order chi connectivity index (χ0) is 8.72. The van der Waals surface area contributed by atoms with Crippen molar-refractivity contribution in [1.82, 2.24) is 4.98 Å². The molecule has 0 bridgehead atoms. The van der Waals surface area contributed by atoms with Gasteiger partial charge in [-0.3, -0.25) is 4.79 Å². The van der Waals surface area contributed by atoms with Gasteiger partial charge >= 0.3 is 4.87 Å². The molecule has 0 saturated carbocycles. The van der Waals surface area contributed by atoms with E-state index in [4.69, 9.17) is 0 Å². The van der Waals surface area contributed by atoms with Crippen LogP contribution in [0.2, 0.25) is 0 Å². The minimum Gasteiger partial charge on any atom is -0.310 e. The Morgan fingerprint density at radius 2 is 2.25 bits per heavy atom. The standard InChI is InChI=1S/C8H6FNOS/c1-4-2-5(9)7-6(3-4)12-8(11)10-7/h2-3H,1H3,(H,10,11). The molecule has 0 saturated heterocycles. The number of halogens is 1. The number of rotatable bonds is 0. The first-order valence-electron chi connectivity index (χ1n) is 3.46. The van der Waals surface area contributed by atoms with Gasteiger partial charge in [-0.25, -0.2) is 4.39 Å². The van der Waals surface area contributed by atoms with E-state index < -0.39 is 0 Å². The Bertz CT molecular complexity index is 485. The molecule has 2 aromatic rings. The normalized spacial score (nSPS) is 10.8. The van der Waals surface area contributed by atoms with Crippen LogP contribution in [0.15, 0.2) is 16.9 Å². The van der Waals surface area contributed by atoms with Crippen LogP contribution in [0.25, 0.3) is 10.2 Å². The third kappa shape index (κ3) is 1.04. The van der Waals surface area contributed by atoms with Gasteiger partial charge in [0.25, 0.3) is 0 Å². The Hall–Kier alpha value is -1.16. The fourth-order valence-corrected chi connectivity index (χ4v) is 1.99. The number of hydrogen-bond acceptors (Lipinski definition) is 2. The van der Waals surface area contributed by atoms with E-state index in [1.54, 1.807) is 13.0 Å². The molecule has 0 amide bonds. The summed E-state index contributed by atoms with van der Waals surface area (Å²) in [5.41, 5.74) is 1.14. The zero-order valence-electron chi connectivity index (χ0n) is 6.35. The molecule has 1 aromatic heterocycles. The van der Waals surface area contributed by atoms with Gasteiger partial charge in [0.1, 0.15) is 5.82 Å². The van der Waals surface area contributed by atoms with Crippen LogP contribution in [0.3, 0.4) is 0 Å². The average Bonchev–Trinajstić information content (AvgIpc) is 2.29. The van der Waals surface area contributed by atoms with Gasteiger partial charge in [0.05, 0.1) is 10.2 Å². The lowest BCUT2D eigenvalue weighted by Crippen LogP contribution is -1.91. The molecule has 4 heteroatoms. The highest BCUT2D eigenvalue weighted by atomic mass is 32.1. The molecule has 1 N–H and O–H groups in total. The van der Waals surface area contributed by atoms with Crippen LogP contribution in [0.5, 0.6) is 0 Å². The van der Waals surface area contributed by atoms with Crippen molar-refractivity contribution in [2.45, 2.75) is 6.92 Å². The van der Waals surface area contributed by atoms with Crippen LogP contribution >= 0.6 is 11.3 Å². The van der Waals surface area contributed by atoms with Gasteiger partial charge in [-0.15, -0.1) is 0 Å². The van der Waals surface area contributed by atoms with Crippen LogP contribution in [0.4, 0.5) is 4.39 Å². The summed E-state index contributed by atoms with van der Waals surface area (Å²) < 4.78 is 13.8. The zero-order valence-corrected chi connectivity index (χ0v) is 7.17. The van der Waals surface area contributed by atoms with Crippen LogP contribution in [-0.4, -0.2) is 4.98 Å². The lowest BCUT2D eigenvalue weighted by Gasteiger charge is -1.93. The molecule has 0 radical (unpaired) electrons. The molecule has 2 nitrogen and oxygen atoms in total. The number of aromatic amines is 1. The molecule has 0 aliphatic carbocycles. The highest BCUT2D eigenvalue weighted by molar-refractivity contribution is 7.16. The molecular weight excluding hydrogens is 177 g/mol. The van der Waals surface area contributed by atoms with Crippen molar-refractivity contribution in [3.8, 4) is 0 Å². The van der Waals surface area contributed by atoms with Crippen LogP contribution in [0.1, 0.15) is 5.56 Å². The molecule has 0 spiro atoms. The maximum atomic E-state index is 13.1. The molecule has 0 atom stereocenters. The van der Waals surface area contributed by atoms with E-state index >= 15 is 0 Å². The quantitative estimate of drug-likeness (QED) is 0.666. The molecule has 2 rings (SSSR count). The van der Waals surface area contributed by atoms with Crippen molar-refractivity contribution >= 4 is 21.6 Å². The van der Waals surface area contributed by atoms with Gasteiger partial charge < -0.3 is 4.98 Å². The molecule has 1 aromatic carbocycles. The van der Waals surface area contributed by atoms with Crippen LogP contribution in [0, 0.1) is 12.7 Å². The van der Waals surface area contributed by atoms with Crippen LogP contribution < -0.4 is 4.87 Å². The van der Waals surface area contributed by atoms with E-state index in [1.807, 2.05) is 0 Å². The second kappa shape index (κ2) is 2.42. The molecule has 0 unspecified atom stereocenters. The average molecular weight is 183 g/mol. The highest BCUT2D eigenvalue weighted by Crippen LogP contribution is 2.19. The third-order valence-corrected chi connectivity index (χ3v) is 2.46. The summed E-state index contributed by atoms with van der Waals surface area (Å²) in [5.74, 6) is -0.358. The summed E-state index contributed by atoms with van der Waals surface area (Å²) in [4.78, 5) is 13.1. The monoisotopic (exact) mass is 183 g/mol. The lowest BCUT2D eigenvalue weighted by molar-refractivity contribution is 0.636. The van der Waals surface area contributed by atoms with Crippen LogP contribution in [-0.2, 0) is 0 Å². The fourth-order valence-electron chi connectivity index (χ4n) is 1.14. The predicted octanol–water partition coefficient (Wildman–Crippen LogP) is 2.04. The van der Waals surface area contributed by atoms with E-state index in [0.29, 0.717) is 10.2 Å². The molecule has 62 valence electrons. The molecular formula is C8H6FNOS. The van der Waals surface area contributed by atoms with Gasteiger partial charge in [0.2, 0.25) is 0 Å². The van der Waals surface area contributed by atoms with Crippen molar-refractivity contribution in [2.75, 3.05) is 0 Å². The third-order valence-electron chi connectivity index (χ3n) is 1.63. The fraction of sp³-hybridized carbons (Fsp3) is 0.125. The van der Waals surface area contributed by atoms with Gasteiger partial charge in [-0.1, -0.05) is 11.3 Å². The maximum Gasteiger partial charge on any atom is 0.305 e. The van der Waals surface area contributed by atoms with Gasteiger partial charge in [-0.2, -0.15) is 0 Å². The van der Waals surface area contributed by atoms with Crippen molar-refractivity contribution in [1.29, 1.82) is 0 Å². The van der Waals surface area contributed by atoms with Gasteiger partial charge in [-0.05, 0) is 24.6 Å². The molecule has 1 heterocycles. The minimum atomic E-state index is -0.358. The number of H-pyrrole nitrogens is 1. The second-order valence-corrected chi connectivity index (χ2v) is 3.65. The largest absolute Gasteiger partial charge is 0.310 e. The Balaban J connectivity index is 2.97. The first-order chi connectivity index (χ1) is 5.66. The van der Waals surface area contributed by atoms with Gasteiger partial charge in [0, 0.05) is 0 Å². The molecule has 0 fully saturated rings. The maximum absolute atomic E-state index is 13.1. The number of aromatic nitrogens is 1. The molecule has 0 aliphatic heterocycles. The SMILES string of the molecule is Cc1cc(F)c2[nH]c(=O)sc2c1. The summed E-state index contributed by atoms with van der Waals surface area (Å²) in [6.45, 7) is 1.80. The van der Waals surface area contributed by atoms with Crippen molar-refractivity contribution in [2.24, 2.45) is 0 Å². The summed E-state index contributed by atoms with van der Waals surface area (Å²) in [7, 11) is 0. The highest BCUT2D eigenvalue weighted by Gasteiger charge is 2.04. The summed E-state index contributed by atoms with van der Waals surface area (Å²) in [5, 5.41) is 0. The first-order valence-corrected chi connectivity index (χ1v) is 4.27. The lowest BCUT2D eigenvalue weighted by atomic mass is 10.2. The smallest absolute Gasteiger partial charge is 0.305 e. The summed E-state index contributed by atoms with van der Waals surface area (Å²) in [6.07, 6.45) is 0. The number of nitrogens with one attached hydrogen (secondary N) is 1. The van der Waals surface area contributed by atoms with E-state index in [9.17, 15) is 9.18 Å². The molecule has 0 aliphatic rings. The number of benzene rings is 1. The number of thiazole rings is 1. The number of fused-ring (bicyclic) bond motifs is 1. The summed E-state index contributed by atoms with van der Waals surface area (Å²) in [6, 6.07) is 3.20. The first kappa shape index (κ1) is 7.49. The minimum absolute atomic E-state index is 0.213. The van der Waals surface area contributed by atoms with E-state index in [1.165, 1.54) is 6.07 Å². The van der Waals surface area contributed by atoms with Crippen molar-refractivity contribution in [3.63, 3.8) is 0 Å². The topological polar surface area (TPSA) is 32.9 Å². The van der Waals surface area contributed by atoms with E-state index in [2.05, 4.69) is 4.98 Å².